The molecule has 6 heteroatoms. The van der Waals surface area contributed by atoms with Crippen molar-refractivity contribution in [2.75, 3.05) is 47.8 Å². The Morgan fingerprint density at radius 1 is 0.700 bits per heavy atom. The van der Waals surface area contributed by atoms with Crippen LogP contribution < -0.4 is 0 Å². The molecule has 1 N–H and O–H groups in total. The second-order valence-electron chi connectivity index (χ2n) is 9.79. The van der Waals surface area contributed by atoms with Gasteiger partial charge in [-0.2, -0.15) is 0 Å². The zero-order valence-electron chi connectivity index (χ0n) is 19.9. The minimum Gasteiger partial charge on any atom is -0.394 e. The Morgan fingerprint density at radius 3 is 1.50 bits per heavy atom. The van der Waals surface area contributed by atoms with Gasteiger partial charge >= 0.3 is 0 Å². The van der Waals surface area contributed by atoms with Crippen molar-refractivity contribution in [1.29, 1.82) is 0 Å². The fourth-order valence-corrected chi connectivity index (χ4v) is 5.33. The lowest BCUT2D eigenvalue weighted by Gasteiger charge is -2.46. The van der Waals surface area contributed by atoms with E-state index in [0.717, 1.165) is 37.5 Å². The minimum atomic E-state index is -0.203. The topological polar surface area (TPSA) is 66.4 Å². The Balaban J connectivity index is 1.71. The first-order chi connectivity index (χ1) is 14.4. The van der Waals surface area contributed by atoms with Crippen LogP contribution in [0.2, 0.25) is 0 Å². The van der Waals surface area contributed by atoms with Crippen molar-refractivity contribution >= 4 is 0 Å². The van der Waals surface area contributed by atoms with Crippen LogP contribution in [0.4, 0.5) is 0 Å². The van der Waals surface area contributed by atoms with Gasteiger partial charge in [-0.3, -0.25) is 0 Å². The van der Waals surface area contributed by atoms with E-state index in [9.17, 15) is 5.11 Å². The van der Waals surface area contributed by atoms with Crippen molar-refractivity contribution in [3.63, 3.8) is 0 Å². The fraction of sp³-hybridized carbons (Fsp3) is 1.00. The average Bonchev–Trinajstić information content (AvgIpc) is 2.78. The van der Waals surface area contributed by atoms with E-state index < -0.39 is 0 Å². The van der Waals surface area contributed by atoms with Crippen LogP contribution in [0.3, 0.4) is 0 Å². The maximum absolute atomic E-state index is 9.24. The molecule has 2 saturated carbocycles. The van der Waals surface area contributed by atoms with Gasteiger partial charge in [0.05, 0.1) is 38.6 Å². The SMILES string of the molecule is COCC(COC1CCC(C(C)(C)C2CCC(OCC(CO)OC)CC2)CC1)OC. The number of rotatable bonds is 13. The second-order valence-corrected chi connectivity index (χ2v) is 9.79. The van der Waals surface area contributed by atoms with Crippen molar-refractivity contribution in [3.8, 4) is 0 Å². The van der Waals surface area contributed by atoms with Crippen LogP contribution >= 0.6 is 0 Å². The Labute approximate surface area is 183 Å². The predicted molar refractivity (Wildman–Crippen MR) is 118 cm³/mol. The van der Waals surface area contributed by atoms with Crippen molar-refractivity contribution in [2.45, 2.75) is 89.6 Å². The quantitative estimate of drug-likeness (QED) is 0.479. The molecular weight excluding hydrogens is 384 g/mol. The number of hydrogen-bond donors (Lipinski definition) is 1. The molecule has 0 aromatic heterocycles. The number of hydrogen-bond acceptors (Lipinski definition) is 6. The summed E-state index contributed by atoms with van der Waals surface area (Å²) in [5.74, 6) is 1.53. The van der Waals surface area contributed by atoms with Gasteiger partial charge in [0.15, 0.2) is 0 Å². The van der Waals surface area contributed by atoms with Crippen molar-refractivity contribution in [2.24, 2.45) is 17.3 Å². The molecule has 0 aliphatic heterocycles. The first-order valence-corrected chi connectivity index (χ1v) is 11.8. The van der Waals surface area contributed by atoms with E-state index in [2.05, 4.69) is 13.8 Å². The van der Waals surface area contributed by atoms with Crippen molar-refractivity contribution < 1.29 is 28.8 Å². The number of aliphatic hydroxyl groups is 1. The summed E-state index contributed by atoms with van der Waals surface area (Å²) in [5, 5.41) is 9.24. The van der Waals surface area contributed by atoms with E-state index in [-0.39, 0.29) is 18.8 Å². The van der Waals surface area contributed by atoms with E-state index in [4.69, 9.17) is 23.7 Å². The van der Waals surface area contributed by atoms with Crippen molar-refractivity contribution in [3.05, 3.63) is 0 Å². The molecule has 178 valence electrons. The zero-order valence-corrected chi connectivity index (χ0v) is 19.9. The van der Waals surface area contributed by atoms with Crippen LogP contribution in [0.25, 0.3) is 0 Å². The summed E-state index contributed by atoms with van der Waals surface area (Å²) in [4.78, 5) is 0. The molecule has 2 rings (SSSR count). The van der Waals surface area contributed by atoms with E-state index in [1.54, 1.807) is 21.3 Å². The highest BCUT2D eigenvalue weighted by Crippen LogP contribution is 2.48. The van der Waals surface area contributed by atoms with Crippen LogP contribution in [0, 0.1) is 17.3 Å². The van der Waals surface area contributed by atoms with Gasteiger partial charge in [0.2, 0.25) is 0 Å². The Bertz CT molecular complexity index is 437. The third-order valence-corrected chi connectivity index (χ3v) is 7.71. The summed E-state index contributed by atoms with van der Waals surface area (Å²) < 4.78 is 27.9. The van der Waals surface area contributed by atoms with Gasteiger partial charge in [-0.25, -0.2) is 0 Å². The molecule has 2 atom stereocenters. The van der Waals surface area contributed by atoms with Gasteiger partial charge in [0.1, 0.15) is 12.2 Å². The van der Waals surface area contributed by atoms with Crippen LogP contribution in [0.1, 0.15) is 65.2 Å². The highest BCUT2D eigenvalue weighted by atomic mass is 16.6. The first kappa shape index (κ1) is 26.0. The average molecular weight is 431 g/mol. The molecule has 0 amide bonds. The third kappa shape index (κ3) is 7.72. The lowest BCUT2D eigenvalue weighted by atomic mass is 9.60. The van der Waals surface area contributed by atoms with E-state index in [1.165, 1.54) is 25.7 Å². The molecule has 0 bridgehead atoms. The maximum Gasteiger partial charge on any atom is 0.104 e. The highest BCUT2D eigenvalue weighted by Gasteiger charge is 2.40. The first-order valence-electron chi connectivity index (χ1n) is 11.8. The Kier molecular flexibility index (Phi) is 11.6. The normalized spacial score (nSPS) is 30.2. The summed E-state index contributed by atoms with van der Waals surface area (Å²) in [5.41, 5.74) is 0.362. The second kappa shape index (κ2) is 13.3. The number of methoxy groups -OCH3 is 3. The molecular formula is C24H46O6. The maximum atomic E-state index is 9.24. The van der Waals surface area contributed by atoms with E-state index in [0.29, 0.717) is 37.4 Å². The molecule has 2 aliphatic carbocycles. The Morgan fingerprint density at radius 2 is 1.13 bits per heavy atom. The van der Waals surface area contributed by atoms with E-state index in [1.807, 2.05) is 0 Å². The zero-order chi connectivity index (χ0) is 22.0. The van der Waals surface area contributed by atoms with Gasteiger partial charge in [-0.1, -0.05) is 13.8 Å². The fourth-order valence-electron chi connectivity index (χ4n) is 5.33. The molecule has 0 radical (unpaired) electrons. The standard InChI is InChI=1S/C24H46O6/c1-24(2,18-6-10-20(11-7-18)29-16-22(14-25)27-4)19-8-12-21(13-9-19)30-17-23(28-5)15-26-3/h18-23,25H,6-17H2,1-5H3. The highest BCUT2D eigenvalue weighted by molar-refractivity contribution is 4.91. The van der Waals surface area contributed by atoms with Gasteiger partial charge < -0.3 is 28.8 Å². The van der Waals surface area contributed by atoms with Crippen LogP contribution in [-0.4, -0.2) is 77.3 Å². The number of ether oxygens (including phenoxy) is 5. The summed E-state index contributed by atoms with van der Waals surface area (Å²) in [6, 6.07) is 0. The molecule has 6 nitrogen and oxygen atoms in total. The molecule has 0 spiro atoms. The monoisotopic (exact) mass is 430 g/mol. The van der Waals surface area contributed by atoms with Crippen LogP contribution in [0.5, 0.6) is 0 Å². The van der Waals surface area contributed by atoms with Crippen molar-refractivity contribution in [1.82, 2.24) is 0 Å². The largest absolute Gasteiger partial charge is 0.394 e. The summed E-state index contributed by atoms with van der Waals surface area (Å²) >= 11 is 0. The van der Waals surface area contributed by atoms with Gasteiger partial charge in [-0.05, 0) is 68.6 Å². The molecule has 2 unspecified atom stereocenters. The lowest BCUT2D eigenvalue weighted by Crippen LogP contribution is -2.39. The summed E-state index contributed by atoms with van der Waals surface area (Å²) in [7, 11) is 5.04. The minimum absolute atomic E-state index is 0.0176. The Hall–Kier alpha value is -0.240. The van der Waals surface area contributed by atoms with Gasteiger partial charge in [0.25, 0.3) is 0 Å². The molecule has 2 aliphatic rings. The molecule has 0 saturated heterocycles. The van der Waals surface area contributed by atoms with Crippen LogP contribution in [-0.2, 0) is 23.7 Å². The lowest BCUT2D eigenvalue weighted by molar-refractivity contribution is -0.0799. The molecule has 30 heavy (non-hydrogen) atoms. The van der Waals surface area contributed by atoms with Gasteiger partial charge in [0, 0.05) is 21.3 Å². The molecule has 0 heterocycles. The van der Waals surface area contributed by atoms with Crippen LogP contribution in [0.15, 0.2) is 0 Å². The molecule has 0 aromatic rings. The predicted octanol–water partition coefficient (Wildman–Crippen LogP) is 3.83. The third-order valence-electron chi connectivity index (χ3n) is 7.71. The molecule has 0 aromatic carbocycles. The van der Waals surface area contributed by atoms with E-state index >= 15 is 0 Å². The molecule has 2 fully saturated rings. The van der Waals surface area contributed by atoms with Gasteiger partial charge in [-0.15, -0.1) is 0 Å². The summed E-state index contributed by atoms with van der Waals surface area (Å²) in [6.45, 7) is 6.67. The smallest absolute Gasteiger partial charge is 0.104 e. The summed E-state index contributed by atoms with van der Waals surface area (Å²) in [6.07, 6.45) is 9.99. The number of aliphatic hydroxyl groups excluding tert-OH is 1.